The number of aromatic nitrogens is 3. The van der Waals surface area contributed by atoms with E-state index < -0.39 is 0 Å². The van der Waals surface area contributed by atoms with Gasteiger partial charge in [0, 0.05) is 7.05 Å². The zero-order valence-electron chi connectivity index (χ0n) is 16.4. The van der Waals surface area contributed by atoms with Crippen molar-refractivity contribution in [2.75, 3.05) is 18.6 Å². The second kappa shape index (κ2) is 9.15. The van der Waals surface area contributed by atoms with Gasteiger partial charge in [-0.15, -0.1) is 21.5 Å². The zero-order valence-corrected chi connectivity index (χ0v) is 18.0. The molecular formula is C22H21N5OS2. The van der Waals surface area contributed by atoms with E-state index in [2.05, 4.69) is 10.2 Å². The van der Waals surface area contributed by atoms with Gasteiger partial charge in [0.1, 0.15) is 0 Å². The molecule has 4 aromatic rings. The summed E-state index contributed by atoms with van der Waals surface area (Å²) >= 11 is 2.83. The van der Waals surface area contributed by atoms with E-state index >= 15 is 0 Å². The van der Waals surface area contributed by atoms with E-state index in [1.165, 1.54) is 16.4 Å². The molecule has 2 aromatic carbocycles. The van der Waals surface area contributed by atoms with Gasteiger partial charge in [0.2, 0.25) is 11.1 Å². The van der Waals surface area contributed by atoms with Gasteiger partial charge < -0.3 is 10.7 Å². The first-order valence-electron chi connectivity index (χ1n) is 9.38. The van der Waals surface area contributed by atoms with Gasteiger partial charge in [-0.05, 0) is 22.6 Å². The van der Waals surface area contributed by atoms with E-state index in [-0.39, 0.29) is 17.7 Å². The van der Waals surface area contributed by atoms with Crippen molar-refractivity contribution in [1.82, 2.24) is 19.8 Å². The number of benzene rings is 2. The van der Waals surface area contributed by atoms with Crippen LogP contribution in [0.4, 0.5) is 0 Å². The van der Waals surface area contributed by atoms with E-state index in [0.717, 1.165) is 16.0 Å². The molecule has 152 valence electrons. The van der Waals surface area contributed by atoms with Crippen molar-refractivity contribution in [2.45, 2.75) is 11.2 Å². The van der Waals surface area contributed by atoms with Crippen LogP contribution in [-0.2, 0) is 4.79 Å². The van der Waals surface area contributed by atoms with Gasteiger partial charge in [-0.3, -0.25) is 4.79 Å². The summed E-state index contributed by atoms with van der Waals surface area (Å²) in [6.07, 6.45) is 0. The van der Waals surface area contributed by atoms with E-state index in [1.807, 2.05) is 85.2 Å². The van der Waals surface area contributed by atoms with Crippen molar-refractivity contribution >= 4 is 29.0 Å². The summed E-state index contributed by atoms with van der Waals surface area (Å²) in [5.74, 6) is 6.95. The van der Waals surface area contributed by atoms with Gasteiger partial charge in [0.05, 0.1) is 16.7 Å². The van der Waals surface area contributed by atoms with Crippen molar-refractivity contribution in [1.29, 1.82) is 0 Å². The number of carbonyl (C=O) groups is 1. The van der Waals surface area contributed by atoms with Gasteiger partial charge in [0.25, 0.3) is 0 Å². The number of amides is 1. The highest BCUT2D eigenvalue weighted by molar-refractivity contribution is 7.99. The Morgan fingerprint density at radius 3 is 2.23 bits per heavy atom. The molecule has 4 rings (SSSR count). The molecule has 1 amide bonds. The summed E-state index contributed by atoms with van der Waals surface area (Å²) in [6.45, 7) is 0. The number of nitrogen functional groups attached to an aromatic ring is 1. The third-order valence-corrected chi connectivity index (χ3v) is 6.54. The smallest absolute Gasteiger partial charge is 0.233 e. The lowest BCUT2D eigenvalue weighted by Gasteiger charge is -2.29. The Kier molecular flexibility index (Phi) is 6.15. The Bertz CT molecular complexity index is 1060. The molecule has 0 aliphatic rings. The molecule has 0 bridgehead atoms. The molecule has 6 nitrogen and oxygen atoms in total. The lowest BCUT2D eigenvalue weighted by Crippen LogP contribution is -2.33. The second-order valence-corrected chi connectivity index (χ2v) is 8.56. The molecular weight excluding hydrogens is 414 g/mol. The standard InChI is InChI=1S/C22H21N5OS2/c1-26(20(16-9-4-2-5-10-16)17-11-6-3-7-12-17)19(28)15-30-22-25-24-21(27(22)23)18-13-8-14-29-18/h2-14,20H,15,23H2,1H3. The third-order valence-electron chi connectivity index (χ3n) is 4.74. The molecule has 0 atom stereocenters. The first kappa shape index (κ1) is 20.2. The quantitative estimate of drug-likeness (QED) is 0.350. The number of thioether (sulfide) groups is 1. The fraction of sp³-hybridized carbons (Fsp3) is 0.136. The van der Waals surface area contributed by atoms with Gasteiger partial charge in [-0.1, -0.05) is 78.5 Å². The van der Waals surface area contributed by atoms with E-state index in [4.69, 9.17) is 5.84 Å². The molecule has 0 saturated heterocycles. The Balaban J connectivity index is 1.51. The van der Waals surface area contributed by atoms with Crippen molar-refractivity contribution < 1.29 is 4.79 Å². The Hall–Kier alpha value is -3.10. The topological polar surface area (TPSA) is 77.0 Å². The summed E-state index contributed by atoms with van der Waals surface area (Å²) in [5.41, 5.74) is 2.12. The number of nitrogens with two attached hydrogens (primary N) is 1. The lowest BCUT2D eigenvalue weighted by molar-refractivity contribution is -0.128. The maximum Gasteiger partial charge on any atom is 0.233 e. The molecule has 2 N–H and O–H groups in total. The largest absolute Gasteiger partial charge is 0.335 e. The van der Waals surface area contributed by atoms with Crippen LogP contribution in [0.2, 0.25) is 0 Å². The molecule has 0 aliphatic heterocycles. The van der Waals surface area contributed by atoms with Gasteiger partial charge in [0.15, 0.2) is 5.82 Å². The number of hydrogen-bond acceptors (Lipinski definition) is 6. The molecule has 0 unspecified atom stereocenters. The van der Waals surface area contributed by atoms with Crippen LogP contribution in [0.25, 0.3) is 10.7 Å². The van der Waals surface area contributed by atoms with Crippen molar-refractivity contribution in [3.63, 3.8) is 0 Å². The van der Waals surface area contributed by atoms with Crippen LogP contribution in [0, 0.1) is 0 Å². The monoisotopic (exact) mass is 435 g/mol. The average Bonchev–Trinajstić information content (AvgIpc) is 3.43. The number of nitrogens with zero attached hydrogens (tertiary/aromatic N) is 4. The molecule has 30 heavy (non-hydrogen) atoms. The van der Waals surface area contributed by atoms with Crippen LogP contribution >= 0.6 is 23.1 Å². The summed E-state index contributed by atoms with van der Waals surface area (Å²) in [7, 11) is 1.83. The minimum Gasteiger partial charge on any atom is -0.335 e. The predicted molar refractivity (Wildman–Crippen MR) is 122 cm³/mol. The summed E-state index contributed by atoms with van der Waals surface area (Å²) in [5, 5.41) is 10.8. The van der Waals surface area contributed by atoms with Crippen molar-refractivity contribution in [3.8, 4) is 10.7 Å². The van der Waals surface area contributed by atoms with Crippen LogP contribution in [0.15, 0.2) is 83.3 Å². The van der Waals surface area contributed by atoms with Gasteiger partial charge >= 0.3 is 0 Å². The summed E-state index contributed by atoms with van der Waals surface area (Å²) < 4.78 is 1.44. The molecule has 0 saturated carbocycles. The first-order valence-corrected chi connectivity index (χ1v) is 11.2. The van der Waals surface area contributed by atoms with Crippen LogP contribution in [0.1, 0.15) is 17.2 Å². The SMILES string of the molecule is CN(C(=O)CSc1nnc(-c2cccs2)n1N)C(c1ccccc1)c1ccccc1. The van der Waals surface area contributed by atoms with Crippen LogP contribution in [0.3, 0.4) is 0 Å². The first-order chi connectivity index (χ1) is 14.6. The minimum atomic E-state index is -0.169. The molecule has 8 heteroatoms. The normalized spacial score (nSPS) is 11.0. The highest BCUT2D eigenvalue weighted by atomic mass is 32.2. The molecule has 2 heterocycles. The summed E-state index contributed by atoms with van der Waals surface area (Å²) in [6, 6.07) is 23.8. The van der Waals surface area contributed by atoms with Crippen LogP contribution < -0.4 is 5.84 Å². The molecule has 0 aliphatic carbocycles. The maximum absolute atomic E-state index is 13.1. The highest BCUT2D eigenvalue weighted by Gasteiger charge is 2.24. The molecule has 2 aromatic heterocycles. The lowest BCUT2D eigenvalue weighted by atomic mass is 9.97. The maximum atomic E-state index is 13.1. The van der Waals surface area contributed by atoms with Crippen molar-refractivity contribution in [2.24, 2.45) is 0 Å². The number of thiophene rings is 1. The van der Waals surface area contributed by atoms with E-state index in [9.17, 15) is 4.79 Å². The highest BCUT2D eigenvalue weighted by Crippen LogP contribution is 2.29. The Labute approximate surface area is 183 Å². The van der Waals surface area contributed by atoms with E-state index in [1.54, 1.807) is 16.2 Å². The molecule has 0 spiro atoms. The third kappa shape index (κ3) is 4.24. The van der Waals surface area contributed by atoms with Crippen molar-refractivity contribution in [3.05, 3.63) is 89.3 Å². The summed E-state index contributed by atoms with van der Waals surface area (Å²) in [4.78, 5) is 15.8. The fourth-order valence-electron chi connectivity index (χ4n) is 3.23. The van der Waals surface area contributed by atoms with Crippen LogP contribution in [-0.4, -0.2) is 38.5 Å². The fourth-order valence-corrected chi connectivity index (χ4v) is 4.72. The van der Waals surface area contributed by atoms with Crippen LogP contribution in [0.5, 0.6) is 0 Å². The Morgan fingerprint density at radius 1 is 1.03 bits per heavy atom. The van der Waals surface area contributed by atoms with E-state index in [0.29, 0.717) is 11.0 Å². The average molecular weight is 436 g/mol. The number of rotatable bonds is 7. The molecule has 0 radical (unpaired) electrons. The van der Waals surface area contributed by atoms with Gasteiger partial charge in [-0.2, -0.15) is 0 Å². The second-order valence-electron chi connectivity index (χ2n) is 6.67. The van der Waals surface area contributed by atoms with Gasteiger partial charge in [-0.25, -0.2) is 4.68 Å². The predicted octanol–water partition coefficient (Wildman–Crippen LogP) is 4.06. The minimum absolute atomic E-state index is 0.0154. The number of carbonyl (C=O) groups excluding carboxylic acids is 1. The number of hydrogen-bond donors (Lipinski definition) is 1. The molecule has 0 fully saturated rings. The zero-order chi connectivity index (χ0) is 20.9. The Morgan fingerprint density at radius 2 is 1.67 bits per heavy atom.